The van der Waals surface area contributed by atoms with Crippen LogP contribution in [0.2, 0.25) is 0 Å². The van der Waals surface area contributed by atoms with Gasteiger partial charge in [-0.05, 0) is 19.8 Å². The minimum absolute atomic E-state index is 0.0735. The molecule has 0 aliphatic carbocycles. The van der Waals surface area contributed by atoms with Crippen LogP contribution in [0.25, 0.3) is 5.32 Å². The van der Waals surface area contributed by atoms with Crippen LogP contribution in [-0.4, -0.2) is 39.5 Å². The molecular weight excluding hydrogens is 192 g/mol. The van der Waals surface area contributed by atoms with Gasteiger partial charge in [-0.25, -0.2) is 0 Å². The summed E-state index contributed by atoms with van der Waals surface area (Å²) < 4.78 is 33.4. The van der Waals surface area contributed by atoms with Crippen molar-refractivity contribution < 1.29 is 18.3 Å². The summed E-state index contributed by atoms with van der Waals surface area (Å²) in [6, 6.07) is 0. The highest BCUT2D eigenvalue weighted by Crippen LogP contribution is 2.13. The Morgan fingerprint density at radius 1 is 1.36 bits per heavy atom. The highest BCUT2D eigenvalue weighted by atomic mass is 19.3. The standard InChI is InChI=1S/C9H18F2NO2/c1-7(13-3)6-8(4-5-12-2)14-9(10)11/h7-9H,4-6H2,1-3H3/q-1/t7-,8-/m0/s1. The Kier molecular flexibility index (Phi) is 7.93. The van der Waals surface area contributed by atoms with Gasteiger partial charge in [0.05, 0.1) is 12.2 Å². The fraction of sp³-hybridized carbons (Fsp3) is 1.00. The molecule has 14 heavy (non-hydrogen) atoms. The van der Waals surface area contributed by atoms with Crippen molar-refractivity contribution in [3.8, 4) is 0 Å². The third-order valence-electron chi connectivity index (χ3n) is 1.97. The maximum absolute atomic E-state index is 12.0. The van der Waals surface area contributed by atoms with E-state index in [1.54, 1.807) is 14.2 Å². The largest absolute Gasteiger partial charge is 0.665 e. The Hall–Kier alpha value is -0.260. The van der Waals surface area contributed by atoms with Crippen molar-refractivity contribution in [1.82, 2.24) is 0 Å². The third-order valence-corrected chi connectivity index (χ3v) is 1.97. The number of alkyl halides is 2. The molecule has 0 aromatic carbocycles. The van der Waals surface area contributed by atoms with Gasteiger partial charge in [-0.2, -0.15) is 15.8 Å². The molecule has 0 bridgehead atoms. The van der Waals surface area contributed by atoms with Crippen molar-refractivity contribution in [2.75, 3.05) is 20.7 Å². The zero-order chi connectivity index (χ0) is 11.0. The van der Waals surface area contributed by atoms with Crippen molar-refractivity contribution in [1.29, 1.82) is 0 Å². The molecule has 0 aromatic heterocycles. The third kappa shape index (κ3) is 7.17. The predicted octanol–water partition coefficient (Wildman–Crippen LogP) is 2.41. The van der Waals surface area contributed by atoms with Crippen molar-refractivity contribution in [3.63, 3.8) is 0 Å². The highest BCUT2D eigenvalue weighted by molar-refractivity contribution is 4.74. The minimum atomic E-state index is -2.72. The summed E-state index contributed by atoms with van der Waals surface area (Å²) in [5.74, 6) is 0. The number of nitrogens with zero attached hydrogens (tertiary/aromatic N) is 1. The van der Waals surface area contributed by atoms with Crippen molar-refractivity contribution >= 4 is 0 Å². The minimum Gasteiger partial charge on any atom is -0.665 e. The molecule has 0 radical (unpaired) electrons. The van der Waals surface area contributed by atoms with Gasteiger partial charge in [0.1, 0.15) is 0 Å². The van der Waals surface area contributed by atoms with E-state index >= 15 is 0 Å². The first-order valence-corrected chi connectivity index (χ1v) is 4.62. The molecule has 0 fully saturated rings. The van der Waals surface area contributed by atoms with E-state index in [1.807, 2.05) is 6.92 Å². The Balaban J connectivity index is 3.83. The number of halogens is 2. The number of hydrogen-bond acceptors (Lipinski definition) is 2. The van der Waals surface area contributed by atoms with Crippen LogP contribution < -0.4 is 0 Å². The Labute approximate surface area is 83.8 Å². The van der Waals surface area contributed by atoms with Crippen molar-refractivity contribution in [3.05, 3.63) is 5.32 Å². The maximum atomic E-state index is 12.0. The second kappa shape index (κ2) is 8.08. The molecule has 2 atom stereocenters. The van der Waals surface area contributed by atoms with E-state index < -0.39 is 12.7 Å². The molecule has 3 nitrogen and oxygen atoms in total. The Morgan fingerprint density at radius 3 is 2.43 bits per heavy atom. The van der Waals surface area contributed by atoms with E-state index in [0.29, 0.717) is 19.4 Å². The average molecular weight is 210 g/mol. The van der Waals surface area contributed by atoms with Gasteiger partial charge >= 0.3 is 6.61 Å². The molecule has 86 valence electrons. The van der Waals surface area contributed by atoms with Crippen LogP contribution in [0.5, 0.6) is 0 Å². The lowest BCUT2D eigenvalue weighted by Crippen LogP contribution is -2.23. The smallest absolute Gasteiger partial charge is 0.345 e. The second-order valence-corrected chi connectivity index (χ2v) is 3.13. The summed E-state index contributed by atoms with van der Waals surface area (Å²) in [5, 5.41) is 3.85. The normalized spacial score (nSPS) is 15.9. The fourth-order valence-corrected chi connectivity index (χ4v) is 1.13. The molecule has 5 heteroatoms. The quantitative estimate of drug-likeness (QED) is 0.616. The van der Waals surface area contributed by atoms with Gasteiger partial charge in [0, 0.05) is 7.11 Å². The van der Waals surface area contributed by atoms with Crippen LogP contribution >= 0.6 is 0 Å². The lowest BCUT2D eigenvalue weighted by molar-refractivity contribution is -0.170. The van der Waals surface area contributed by atoms with Gasteiger partial charge in [0.2, 0.25) is 0 Å². The van der Waals surface area contributed by atoms with Gasteiger partial charge in [-0.3, -0.25) is 0 Å². The average Bonchev–Trinajstić information content (AvgIpc) is 2.13. The molecule has 0 aliphatic heterocycles. The lowest BCUT2D eigenvalue weighted by atomic mass is 10.1. The highest BCUT2D eigenvalue weighted by Gasteiger charge is 2.16. The number of methoxy groups -OCH3 is 1. The van der Waals surface area contributed by atoms with Crippen LogP contribution in [0.1, 0.15) is 19.8 Å². The van der Waals surface area contributed by atoms with Gasteiger partial charge in [0.15, 0.2) is 0 Å². The maximum Gasteiger partial charge on any atom is 0.345 e. The summed E-state index contributed by atoms with van der Waals surface area (Å²) in [7, 11) is 3.20. The zero-order valence-corrected chi connectivity index (χ0v) is 8.87. The molecule has 0 spiro atoms. The summed E-state index contributed by atoms with van der Waals surface area (Å²) in [4.78, 5) is 0. The Morgan fingerprint density at radius 2 is 2.00 bits per heavy atom. The number of rotatable bonds is 8. The first kappa shape index (κ1) is 13.7. The summed E-state index contributed by atoms with van der Waals surface area (Å²) in [6.45, 7) is -0.362. The van der Waals surface area contributed by atoms with E-state index in [4.69, 9.17) is 4.74 Å². The number of hydrogen-bond donors (Lipinski definition) is 0. The summed E-state index contributed by atoms with van der Waals surface area (Å²) >= 11 is 0. The molecule has 0 N–H and O–H groups in total. The van der Waals surface area contributed by atoms with Gasteiger partial charge < -0.3 is 14.8 Å². The van der Waals surface area contributed by atoms with E-state index in [9.17, 15) is 8.78 Å². The van der Waals surface area contributed by atoms with Crippen molar-refractivity contribution in [2.45, 2.75) is 38.6 Å². The van der Waals surface area contributed by atoms with E-state index in [-0.39, 0.29) is 6.10 Å². The Bertz CT molecular complexity index is 136. The monoisotopic (exact) mass is 210 g/mol. The molecular formula is C9H18F2NO2-. The van der Waals surface area contributed by atoms with Crippen molar-refractivity contribution in [2.24, 2.45) is 0 Å². The fourth-order valence-electron chi connectivity index (χ4n) is 1.13. The van der Waals surface area contributed by atoms with Gasteiger partial charge in [0.25, 0.3) is 0 Å². The second-order valence-electron chi connectivity index (χ2n) is 3.13. The van der Waals surface area contributed by atoms with E-state index in [1.165, 1.54) is 0 Å². The lowest BCUT2D eigenvalue weighted by Gasteiger charge is -2.23. The first-order valence-electron chi connectivity index (χ1n) is 4.62. The number of ether oxygens (including phenoxy) is 2. The molecule has 0 aromatic rings. The summed E-state index contributed by atoms with van der Waals surface area (Å²) in [6.07, 6.45) is 0.425. The zero-order valence-electron chi connectivity index (χ0n) is 8.87. The first-order chi connectivity index (χ1) is 6.60. The van der Waals surface area contributed by atoms with Gasteiger partial charge in [-0.1, -0.05) is 0 Å². The SMILES string of the molecule is C[N-]CC[C@@H](C[C@H](C)OC)OC(F)F. The molecule has 0 aliphatic rings. The van der Waals surface area contributed by atoms with Gasteiger partial charge in [-0.15, -0.1) is 6.54 Å². The van der Waals surface area contributed by atoms with E-state index in [0.717, 1.165) is 0 Å². The van der Waals surface area contributed by atoms with Crippen LogP contribution in [0, 0.1) is 0 Å². The molecule has 0 heterocycles. The molecule has 0 saturated heterocycles. The molecule has 0 unspecified atom stereocenters. The van der Waals surface area contributed by atoms with Crippen LogP contribution in [-0.2, 0) is 9.47 Å². The summed E-state index contributed by atoms with van der Waals surface area (Å²) in [5.41, 5.74) is 0. The van der Waals surface area contributed by atoms with Crippen LogP contribution in [0.15, 0.2) is 0 Å². The molecule has 0 saturated carbocycles. The molecule has 0 amide bonds. The molecule has 0 rings (SSSR count). The van der Waals surface area contributed by atoms with E-state index in [2.05, 4.69) is 10.1 Å². The predicted molar refractivity (Wildman–Crippen MR) is 50.7 cm³/mol. The van der Waals surface area contributed by atoms with Crippen LogP contribution in [0.3, 0.4) is 0 Å². The van der Waals surface area contributed by atoms with Crippen LogP contribution in [0.4, 0.5) is 8.78 Å². The topological polar surface area (TPSA) is 32.6 Å².